The van der Waals surface area contributed by atoms with Gasteiger partial charge in [-0.3, -0.25) is 52.8 Å². The van der Waals surface area contributed by atoms with Crippen LogP contribution in [0.15, 0.2) is 66.7 Å². The van der Waals surface area contributed by atoms with E-state index in [1.165, 1.54) is 55.4 Å². The van der Waals surface area contributed by atoms with E-state index in [-0.39, 0.29) is 81.1 Å². The first kappa shape index (κ1) is 94.2. The molecule has 13 amide bonds. The summed E-state index contributed by atoms with van der Waals surface area (Å²) in [6.45, 7) is 17.9. The van der Waals surface area contributed by atoms with Crippen LogP contribution in [0.3, 0.4) is 0 Å². The molecule has 5 rings (SSSR count). The molecule has 0 aliphatic carbocycles. The third kappa shape index (κ3) is 27.4. The quantitative estimate of drug-likeness (QED) is 0.0420. The van der Waals surface area contributed by atoms with Crippen LogP contribution in [0.4, 0.5) is 15.3 Å². The molecule has 2 aromatic rings. The maximum atomic E-state index is 14.9. The lowest BCUT2D eigenvalue weighted by Crippen LogP contribution is -2.60. The Labute approximate surface area is 660 Å². The third-order valence-corrected chi connectivity index (χ3v) is 20.9. The maximum absolute atomic E-state index is 14.9. The number of aliphatic hydroxyl groups excluding tert-OH is 4. The number of carbonyl (C=O) groups excluding carboxylic acids is 12. The van der Waals surface area contributed by atoms with E-state index < -0.39 is 193 Å². The molecule has 2 aromatic carbocycles. The van der Waals surface area contributed by atoms with E-state index in [9.17, 15) is 87.9 Å². The van der Waals surface area contributed by atoms with Crippen LogP contribution < -0.4 is 48.3 Å². The minimum Gasteiger partial charge on any atom is -0.479 e. The molecule has 0 bridgehead atoms. The van der Waals surface area contributed by atoms with Crippen molar-refractivity contribution in [1.82, 2.24) is 56.8 Å². The van der Waals surface area contributed by atoms with Gasteiger partial charge in [0.1, 0.15) is 55.3 Å². The molecule has 18 atom stereocenters. The predicted molar refractivity (Wildman–Crippen MR) is 412 cm³/mol. The number of likely N-dealkylation sites (tertiary alicyclic amines) is 1. The number of likely N-dealkylation sites (N-methyl/N-ethyl adjacent to an activating group) is 2. The van der Waals surface area contributed by atoms with Crippen molar-refractivity contribution in [2.75, 3.05) is 53.3 Å². The number of nitrogens with two attached hydrogens (primary N) is 1. The first-order valence-corrected chi connectivity index (χ1v) is 38.8. The number of primary amides is 1. The van der Waals surface area contributed by atoms with E-state index in [4.69, 9.17) is 24.7 Å². The topological polar surface area (TPSA) is 495 Å². The van der Waals surface area contributed by atoms with Crippen LogP contribution in [-0.4, -0.2) is 262 Å². The molecule has 35 heteroatoms. The van der Waals surface area contributed by atoms with Crippen LogP contribution in [0.1, 0.15) is 164 Å². The van der Waals surface area contributed by atoms with Crippen molar-refractivity contribution < 1.29 is 107 Å². The van der Waals surface area contributed by atoms with Gasteiger partial charge in [-0.05, 0) is 105 Å². The van der Waals surface area contributed by atoms with E-state index in [1.807, 2.05) is 19.9 Å². The lowest BCUT2D eigenvalue weighted by Gasteiger charge is -2.41. The molecule has 0 aromatic heterocycles. The number of urea groups is 1. The number of nitrogens with zero attached hydrogens (tertiary/aromatic N) is 4. The number of ether oxygens (including phenoxy) is 4. The Morgan fingerprint density at radius 1 is 0.690 bits per heavy atom. The van der Waals surface area contributed by atoms with E-state index in [1.54, 1.807) is 104 Å². The number of amides is 13. The number of unbranched alkanes of at least 4 members (excludes halogenated alkanes) is 2. The predicted octanol–water partition coefficient (Wildman–Crippen LogP) is 1.78. The number of aliphatic carboxylic acids is 1. The fourth-order valence-electron chi connectivity index (χ4n) is 14.2. The number of carbonyl (C=O) groups is 13. The van der Waals surface area contributed by atoms with E-state index in [2.05, 4.69) is 42.5 Å². The zero-order chi connectivity index (χ0) is 84.2. The van der Waals surface area contributed by atoms with Gasteiger partial charge in [0.05, 0.1) is 48.8 Å². The monoisotopic (exact) mass is 1590 g/mol. The molecule has 0 spiro atoms. The van der Waals surface area contributed by atoms with Gasteiger partial charge in [0.2, 0.25) is 59.1 Å². The first-order chi connectivity index (χ1) is 53.4. The van der Waals surface area contributed by atoms with Crippen molar-refractivity contribution in [2.45, 2.75) is 250 Å². The van der Waals surface area contributed by atoms with Crippen molar-refractivity contribution in [3.8, 4) is 0 Å². The van der Waals surface area contributed by atoms with Gasteiger partial charge in [0, 0.05) is 72.6 Å². The Hall–Kier alpha value is -9.39. The van der Waals surface area contributed by atoms with Crippen molar-refractivity contribution in [2.24, 2.45) is 35.3 Å². The van der Waals surface area contributed by atoms with Crippen molar-refractivity contribution >= 4 is 82.9 Å². The number of carboxylic acid groups (broad SMARTS) is 1. The third-order valence-electron chi connectivity index (χ3n) is 20.9. The van der Waals surface area contributed by atoms with Crippen molar-refractivity contribution in [3.05, 3.63) is 77.9 Å². The van der Waals surface area contributed by atoms with Crippen LogP contribution in [0.25, 0.3) is 0 Å². The molecular weight excluding hydrogens is 1470 g/mol. The normalized spacial score (nSPS) is 20.6. The van der Waals surface area contributed by atoms with Gasteiger partial charge in [-0.1, -0.05) is 118 Å². The summed E-state index contributed by atoms with van der Waals surface area (Å²) in [6, 6.07) is 6.04. The highest BCUT2D eigenvalue weighted by Gasteiger charge is 2.48. The summed E-state index contributed by atoms with van der Waals surface area (Å²) in [5.41, 5.74) is 6.62. The van der Waals surface area contributed by atoms with E-state index >= 15 is 0 Å². The zero-order valence-corrected chi connectivity index (χ0v) is 67.3. The molecule has 15 N–H and O–H groups in total. The van der Waals surface area contributed by atoms with Gasteiger partial charge in [-0.15, -0.1) is 0 Å². The summed E-state index contributed by atoms with van der Waals surface area (Å²) in [5.74, 6) is -10.3. The molecule has 2 fully saturated rings. The lowest BCUT2D eigenvalue weighted by atomic mass is 9.89. The molecule has 3 heterocycles. The largest absolute Gasteiger partial charge is 0.479 e. The van der Waals surface area contributed by atoms with Crippen LogP contribution in [0.5, 0.6) is 0 Å². The standard InChI is InChI=1S/C78H121N13O22/c1-15-45(8)63(54(110-13)40-59(96)90-39-23-27-53(90)67(111-14)46(9)69(100)81-47(10)64(97)49-24-18-16-19-25-49)88(11)75(105)61(43(4)5)87-73(104)62(44(6)7)89(12)78(109)112-41-48-29-31-50(32-30-48)82-70(101)51(26-22-37-80-77(79)108)84-72(103)60(42(2)3)86-71(102)52(33-34-56(93)85-74-66(99)65(98)68(113-74)76(106)107)83-55(92)28-20-17-21-38-91-57(94)35-36-58(91)95/h16,18-19,24-25,29-32,35-36,42-47,51-54,57,60-68,74,94,97-99H,15,17,20-23,26-28,33-34,37-41H2,1-14H3,(H,81,100)(H,82,101)(H,83,92)(H,84,103)(H,85,93)(H,86,102)(H,87,104)(H,106,107)(H3,79,80,108)/t45-,46+,47+,51-,52-,53-,54+,57?,60-,61-,62-,63-,64+,65-,66+,67+,68-,74?/m0/s1. The first-order valence-electron chi connectivity index (χ1n) is 38.8. The fourth-order valence-corrected chi connectivity index (χ4v) is 14.2. The number of methoxy groups -OCH3 is 2. The Balaban J connectivity index is 1.22. The van der Waals surface area contributed by atoms with Crippen LogP contribution in [0, 0.1) is 29.6 Å². The highest BCUT2D eigenvalue weighted by atomic mass is 16.6. The number of nitrogens with one attached hydrogen (secondary N) is 8. The summed E-state index contributed by atoms with van der Waals surface area (Å²) < 4.78 is 22.9. The Kier molecular flexibility index (Phi) is 37.9. The average Bonchev–Trinajstić information content (AvgIpc) is 1.55. The molecule has 630 valence electrons. The molecule has 3 aliphatic rings. The molecule has 2 saturated heterocycles. The summed E-state index contributed by atoms with van der Waals surface area (Å²) in [6.07, 6.45) is -7.26. The van der Waals surface area contributed by atoms with E-state index in [0.29, 0.717) is 49.8 Å². The highest BCUT2D eigenvalue weighted by molar-refractivity contribution is 5.99. The number of aliphatic hydroxyl groups is 4. The molecule has 0 saturated carbocycles. The maximum Gasteiger partial charge on any atom is 0.410 e. The molecule has 113 heavy (non-hydrogen) atoms. The SMILES string of the molecule is CC[C@H](C)[C@@H]([C@@H](CC(=O)N1CCC[C@H]1[C@H](OC)[C@@H](C)C(=O)N[C@H](C)[C@@H](O)c1ccccc1)OC)N(C)C(=O)[C@@H](NC(=O)[C@H](C(C)C)N(C)C(=O)OCc1ccc(NC(=O)[C@H](CCCNC(N)=O)NC(=O)[C@@H](NC(=O)[C@H](CCC(=O)NC2O[C@H](C(=O)O)[C@@H](O)[C@H]2O)NC(=O)CCCCCN2C(=O)C=CC2O)C(C)C)cc1)C(C)C. The molecule has 3 aliphatic heterocycles. The Bertz CT molecular complexity index is 3550. The minimum absolute atomic E-state index is 0.00400. The van der Waals surface area contributed by atoms with Crippen LogP contribution >= 0.6 is 0 Å². The minimum atomic E-state index is -1.89. The van der Waals surface area contributed by atoms with E-state index in [0.717, 1.165) is 4.90 Å². The lowest BCUT2D eigenvalue weighted by molar-refractivity contribution is -0.155. The van der Waals surface area contributed by atoms with Crippen LogP contribution in [0.2, 0.25) is 0 Å². The van der Waals surface area contributed by atoms with Gasteiger partial charge >= 0.3 is 18.1 Å². The zero-order valence-electron chi connectivity index (χ0n) is 67.3. The highest BCUT2D eigenvalue weighted by Crippen LogP contribution is 2.31. The van der Waals surface area contributed by atoms with Crippen molar-refractivity contribution in [3.63, 3.8) is 0 Å². The second-order valence-corrected chi connectivity index (χ2v) is 30.4. The van der Waals surface area contributed by atoms with Gasteiger partial charge in [-0.2, -0.15) is 0 Å². The second-order valence-electron chi connectivity index (χ2n) is 30.4. The number of benzene rings is 2. The number of anilines is 1. The van der Waals surface area contributed by atoms with Gasteiger partial charge in [-0.25, -0.2) is 14.4 Å². The van der Waals surface area contributed by atoms with Crippen LogP contribution in [-0.2, 0) is 78.3 Å². The summed E-state index contributed by atoms with van der Waals surface area (Å²) >= 11 is 0. The molecular formula is C78H121N13O22. The summed E-state index contributed by atoms with van der Waals surface area (Å²) in [7, 11) is 5.98. The number of hydrogen-bond donors (Lipinski definition) is 14. The van der Waals surface area contributed by atoms with Gasteiger partial charge < -0.3 is 107 Å². The summed E-state index contributed by atoms with van der Waals surface area (Å²) in [5, 5.41) is 72.1. The van der Waals surface area contributed by atoms with Gasteiger partial charge in [0.25, 0.3) is 0 Å². The molecule has 0 radical (unpaired) electrons. The van der Waals surface area contributed by atoms with Crippen molar-refractivity contribution in [1.29, 1.82) is 0 Å². The Morgan fingerprint density at radius 3 is 1.91 bits per heavy atom. The Morgan fingerprint density at radius 2 is 1.34 bits per heavy atom. The second kappa shape index (κ2) is 45.5. The molecule has 2 unspecified atom stereocenters. The number of carboxylic acids is 1. The van der Waals surface area contributed by atoms with Gasteiger partial charge in [0.15, 0.2) is 12.3 Å². The average molecular weight is 1590 g/mol. The number of hydrogen-bond acceptors (Lipinski definition) is 21. The fraction of sp³-hybridized carbons (Fsp3) is 0.654. The smallest absolute Gasteiger partial charge is 0.410 e. The molecule has 35 nitrogen and oxygen atoms in total. The summed E-state index contributed by atoms with van der Waals surface area (Å²) in [4.78, 5) is 182. The number of rotatable bonds is 45.